The van der Waals surface area contributed by atoms with Crippen LogP contribution in [0.1, 0.15) is 32.3 Å². The number of carboxylic acid groups (broad SMARTS) is 1. The Morgan fingerprint density at radius 1 is 1.09 bits per heavy atom. The number of hydrogen-bond acceptors (Lipinski definition) is 3. The molecular weight excluding hydrogens is 284 g/mol. The maximum absolute atomic E-state index is 12.2. The van der Waals surface area contributed by atoms with Crippen LogP contribution in [-0.4, -0.2) is 29.9 Å². The highest BCUT2D eigenvalue weighted by Gasteiger charge is 2.56. The van der Waals surface area contributed by atoms with Gasteiger partial charge < -0.3 is 15.7 Å². The number of amides is 2. The normalized spacial score (nSPS) is 15.8. The van der Waals surface area contributed by atoms with Crippen molar-refractivity contribution in [3.8, 4) is 0 Å². The number of aliphatic carboxylic acids is 1. The van der Waals surface area contributed by atoms with Gasteiger partial charge in [0.05, 0.1) is 5.41 Å². The molecular formula is C16H20N2O4. The Morgan fingerprint density at radius 3 is 2.05 bits per heavy atom. The van der Waals surface area contributed by atoms with E-state index in [9.17, 15) is 19.5 Å². The number of nitrogens with one attached hydrogen (secondary N) is 2. The van der Waals surface area contributed by atoms with Crippen LogP contribution in [0.3, 0.4) is 0 Å². The fourth-order valence-electron chi connectivity index (χ4n) is 2.27. The average Bonchev–Trinajstić information content (AvgIpc) is 3.28. The molecule has 0 unspecified atom stereocenters. The molecule has 1 aromatic carbocycles. The van der Waals surface area contributed by atoms with Crippen LogP contribution >= 0.6 is 0 Å². The van der Waals surface area contributed by atoms with Crippen molar-refractivity contribution in [3.63, 3.8) is 0 Å². The highest BCUT2D eigenvalue weighted by molar-refractivity contribution is 6.12. The summed E-state index contributed by atoms with van der Waals surface area (Å²) >= 11 is 0. The predicted molar refractivity (Wildman–Crippen MR) is 81.5 cm³/mol. The van der Waals surface area contributed by atoms with Gasteiger partial charge in [-0.2, -0.15) is 0 Å². The van der Waals surface area contributed by atoms with Crippen molar-refractivity contribution in [2.75, 3.05) is 12.4 Å². The van der Waals surface area contributed by atoms with E-state index in [1.807, 2.05) is 0 Å². The van der Waals surface area contributed by atoms with Gasteiger partial charge in [0, 0.05) is 12.7 Å². The molecule has 0 aliphatic heterocycles. The van der Waals surface area contributed by atoms with Crippen LogP contribution in [0.4, 0.5) is 5.69 Å². The molecule has 6 heteroatoms. The minimum Gasteiger partial charge on any atom is -0.481 e. The zero-order valence-electron chi connectivity index (χ0n) is 12.9. The van der Waals surface area contributed by atoms with E-state index in [2.05, 4.69) is 10.6 Å². The van der Waals surface area contributed by atoms with Crippen LogP contribution in [-0.2, 0) is 19.8 Å². The van der Waals surface area contributed by atoms with Crippen LogP contribution in [0.5, 0.6) is 0 Å². The molecule has 0 radical (unpaired) electrons. The molecule has 118 valence electrons. The van der Waals surface area contributed by atoms with Gasteiger partial charge in [-0.3, -0.25) is 14.4 Å². The molecule has 1 saturated carbocycles. The summed E-state index contributed by atoms with van der Waals surface area (Å²) in [7, 11) is 1.51. The highest BCUT2D eigenvalue weighted by atomic mass is 16.4. The van der Waals surface area contributed by atoms with Crippen LogP contribution in [0.25, 0.3) is 0 Å². The van der Waals surface area contributed by atoms with Gasteiger partial charge in [-0.25, -0.2) is 0 Å². The molecule has 1 aliphatic carbocycles. The van der Waals surface area contributed by atoms with E-state index in [0.29, 0.717) is 24.1 Å². The molecule has 6 nitrogen and oxygen atoms in total. The first kappa shape index (κ1) is 16.0. The van der Waals surface area contributed by atoms with E-state index in [1.165, 1.54) is 7.05 Å². The standard InChI is InChI=1S/C16H20N2O4/c1-15(2,14(21)22)10-4-6-11(7-5-10)18-13(20)16(8-9-16)12(19)17-3/h4-7H,8-9H2,1-3H3,(H,17,19)(H,18,20)(H,21,22). The summed E-state index contributed by atoms with van der Waals surface area (Å²) in [4.78, 5) is 35.2. The molecule has 0 heterocycles. The van der Waals surface area contributed by atoms with E-state index in [4.69, 9.17) is 0 Å². The summed E-state index contributed by atoms with van der Waals surface area (Å²) in [5.74, 6) is -1.51. The third kappa shape index (κ3) is 2.68. The molecule has 0 saturated heterocycles. The van der Waals surface area contributed by atoms with Gasteiger partial charge in [-0.05, 0) is 44.4 Å². The maximum atomic E-state index is 12.2. The number of carboxylic acids is 1. The van der Waals surface area contributed by atoms with Crippen molar-refractivity contribution in [3.05, 3.63) is 29.8 Å². The summed E-state index contributed by atoms with van der Waals surface area (Å²) in [5, 5.41) is 14.4. The summed E-state index contributed by atoms with van der Waals surface area (Å²) < 4.78 is 0. The van der Waals surface area contributed by atoms with Gasteiger partial charge in [0.15, 0.2) is 0 Å². The topological polar surface area (TPSA) is 95.5 Å². The lowest BCUT2D eigenvalue weighted by Crippen LogP contribution is -2.38. The molecule has 1 fully saturated rings. The molecule has 1 aromatic rings. The van der Waals surface area contributed by atoms with Gasteiger partial charge in [0.1, 0.15) is 5.41 Å². The fraction of sp³-hybridized carbons (Fsp3) is 0.438. The lowest BCUT2D eigenvalue weighted by atomic mass is 9.85. The third-order valence-corrected chi connectivity index (χ3v) is 4.25. The quantitative estimate of drug-likeness (QED) is 0.719. The molecule has 0 aromatic heterocycles. The number of carbonyl (C=O) groups excluding carboxylic acids is 2. The first-order valence-electron chi connectivity index (χ1n) is 7.11. The van der Waals surface area contributed by atoms with Crippen LogP contribution in [0.15, 0.2) is 24.3 Å². The molecule has 22 heavy (non-hydrogen) atoms. The second-order valence-electron chi connectivity index (χ2n) is 6.12. The van der Waals surface area contributed by atoms with E-state index in [1.54, 1.807) is 38.1 Å². The fourth-order valence-corrected chi connectivity index (χ4v) is 2.27. The summed E-state index contributed by atoms with van der Waals surface area (Å²) in [6.07, 6.45) is 1.09. The second kappa shape index (κ2) is 5.44. The SMILES string of the molecule is CNC(=O)C1(C(=O)Nc2ccc(C(C)(C)C(=O)O)cc2)CC1. The number of anilines is 1. The summed E-state index contributed by atoms with van der Waals surface area (Å²) in [5.41, 5.74) is -0.758. The van der Waals surface area contributed by atoms with Crippen LogP contribution in [0.2, 0.25) is 0 Å². The summed E-state index contributed by atoms with van der Waals surface area (Å²) in [6.45, 7) is 3.24. The first-order valence-corrected chi connectivity index (χ1v) is 7.11. The van der Waals surface area contributed by atoms with Crippen molar-refractivity contribution in [2.24, 2.45) is 5.41 Å². The smallest absolute Gasteiger partial charge is 0.313 e. The Balaban J connectivity index is 2.11. The number of carbonyl (C=O) groups is 3. The maximum Gasteiger partial charge on any atom is 0.313 e. The first-order chi connectivity index (χ1) is 10.2. The van der Waals surface area contributed by atoms with Gasteiger partial charge >= 0.3 is 5.97 Å². The lowest BCUT2D eigenvalue weighted by molar-refractivity contribution is -0.142. The number of benzene rings is 1. The monoisotopic (exact) mass is 304 g/mol. The van der Waals surface area contributed by atoms with Gasteiger partial charge in [0.25, 0.3) is 0 Å². The lowest BCUT2D eigenvalue weighted by Gasteiger charge is -2.20. The third-order valence-electron chi connectivity index (χ3n) is 4.25. The average molecular weight is 304 g/mol. The van der Waals surface area contributed by atoms with Crippen LogP contribution in [0, 0.1) is 5.41 Å². The Hall–Kier alpha value is -2.37. The minimum absolute atomic E-state index is 0.270. The zero-order valence-corrected chi connectivity index (χ0v) is 12.9. The molecule has 2 amide bonds. The van der Waals surface area contributed by atoms with Crippen molar-refractivity contribution in [1.82, 2.24) is 5.32 Å². The van der Waals surface area contributed by atoms with E-state index < -0.39 is 16.8 Å². The molecule has 0 atom stereocenters. The largest absolute Gasteiger partial charge is 0.481 e. The van der Waals surface area contributed by atoms with Crippen molar-refractivity contribution >= 4 is 23.5 Å². The molecule has 2 rings (SSSR count). The Labute approximate surface area is 128 Å². The second-order valence-corrected chi connectivity index (χ2v) is 6.12. The predicted octanol–water partition coefficient (Wildman–Crippen LogP) is 1.51. The van der Waals surface area contributed by atoms with E-state index >= 15 is 0 Å². The molecule has 3 N–H and O–H groups in total. The van der Waals surface area contributed by atoms with Crippen molar-refractivity contribution in [1.29, 1.82) is 0 Å². The Bertz CT molecular complexity index is 616. The van der Waals surface area contributed by atoms with Crippen molar-refractivity contribution in [2.45, 2.75) is 32.1 Å². The zero-order chi connectivity index (χ0) is 16.5. The van der Waals surface area contributed by atoms with Gasteiger partial charge in [-0.1, -0.05) is 12.1 Å². The number of rotatable bonds is 5. The van der Waals surface area contributed by atoms with E-state index in [-0.39, 0.29) is 11.8 Å². The van der Waals surface area contributed by atoms with Crippen molar-refractivity contribution < 1.29 is 19.5 Å². The Morgan fingerprint density at radius 2 is 1.64 bits per heavy atom. The highest BCUT2D eigenvalue weighted by Crippen LogP contribution is 2.46. The van der Waals surface area contributed by atoms with Crippen LogP contribution < -0.4 is 10.6 Å². The molecule has 0 bridgehead atoms. The van der Waals surface area contributed by atoms with E-state index in [0.717, 1.165) is 0 Å². The molecule has 0 spiro atoms. The van der Waals surface area contributed by atoms with Gasteiger partial charge in [-0.15, -0.1) is 0 Å². The van der Waals surface area contributed by atoms with Gasteiger partial charge in [0.2, 0.25) is 11.8 Å². The Kier molecular flexibility index (Phi) is 3.96. The number of hydrogen-bond donors (Lipinski definition) is 3. The minimum atomic E-state index is -0.998. The summed E-state index contributed by atoms with van der Waals surface area (Å²) in [6, 6.07) is 6.64. The molecule has 1 aliphatic rings.